The molecule has 4 nitrogen and oxygen atoms in total. The first kappa shape index (κ1) is 12.5. The molecular weight excluding hydrogens is 263 g/mol. The Bertz CT molecular complexity index is 493. The molecule has 1 aliphatic rings. The van der Waals surface area contributed by atoms with E-state index < -0.39 is 11.5 Å². The van der Waals surface area contributed by atoms with E-state index in [1.165, 1.54) is 0 Å². The predicted molar refractivity (Wildman–Crippen MR) is 67.9 cm³/mol. The molecule has 3 N–H and O–H groups in total. The highest BCUT2D eigenvalue weighted by atomic mass is 35.5. The summed E-state index contributed by atoms with van der Waals surface area (Å²) in [7, 11) is 1.84. The van der Waals surface area contributed by atoms with E-state index in [-0.39, 0.29) is 0 Å². The molecule has 1 aliphatic heterocycles. The van der Waals surface area contributed by atoms with Crippen molar-refractivity contribution in [2.75, 3.05) is 18.5 Å². The summed E-state index contributed by atoms with van der Waals surface area (Å²) < 4.78 is 0. The second kappa shape index (κ2) is 4.05. The second-order valence-electron chi connectivity index (χ2n) is 4.21. The van der Waals surface area contributed by atoms with Crippen LogP contribution in [0, 0.1) is 0 Å². The third-order valence-corrected chi connectivity index (χ3v) is 3.95. The van der Waals surface area contributed by atoms with Crippen LogP contribution >= 0.6 is 23.2 Å². The van der Waals surface area contributed by atoms with Gasteiger partial charge in [0, 0.05) is 19.2 Å². The summed E-state index contributed by atoms with van der Waals surface area (Å²) in [5.74, 6) is -1.05. The van der Waals surface area contributed by atoms with Gasteiger partial charge in [0.1, 0.15) is 5.54 Å². The molecule has 17 heavy (non-hydrogen) atoms. The van der Waals surface area contributed by atoms with Gasteiger partial charge in [-0.1, -0.05) is 29.3 Å². The Hall–Kier alpha value is -0.970. The van der Waals surface area contributed by atoms with Gasteiger partial charge in [0.15, 0.2) is 0 Å². The summed E-state index contributed by atoms with van der Waals surface area (Å²) in [5.41, 5.74) is 5.69. The zero-order valence-electron chi connectivity index (χ0n) is 9.20. The fourth-order valence-electron chi connectivity index (χ4n) is 2.09. The molecule has 1 aromatic rings. The zero-order valence-corrected chi connectivity index (χ0v) is 10.7. The van der Waals surface area contributed by atoms with Crippen LogP contribution in [-0.4, -0.2) is 24.7 Å². The van der Waals surface area contributed by atoms with Gasteiger partial charge in [-0.3, -0.25) is 0 Å². The minimum Gasteiger partial charge on any atom is -0.480 e. The van der Waals surface area contributed by atoms with Gasteiger partial charge in [-0.15, -0.1) is 0 Å². The monoisotopic (exact) mass is 274 g/mol. The van der Waals surface area contributed by atoms with Crippen molar-refractivity contribution in [3.8, 4) is 0 Å². The average molecular weight is 275 g/mol. The highest BCUT2D eigenvalue weighted by Crippen LogP contribution is 2.43. The van der Waals surface area contributed by atoms with Crippen LogP contribution in [0.5, 0.6) is 0 Å². The van der Waals surface area contributed by atoms with E-state index in [0.717, 1.165) is 0 Å². The Morgan fingerprint density at radius 3 is 2.76 bits per heavy atom. The molecule has 0 radical (unpaired) electrons. The van der Waals surface area contributed by atoms with Gasteiger partial charge >= 0.3 is 5.97 Å². The number of fused-ring (bicyclic) bond motifs is 1. The van der Waals surface area contributed by atoms with Crippen LogP contribution in [-0.2, 0) is 10.3 Å². The summed E-state index contributed by atoms with van der Waals surface area (Å²) >= 11 is 12.1. The molecule has 6 heteroatoms. The Morgan fingerprint density at radius 1 is 1.53 bits per heavy atom. The third kappa shape index (κ3) is 1.76. The number of hydrogen-bond donors (Lipinski definition) is 2. The van der Waals surface area contributed by atoms with Gasteiger partial charge < -0.3 is 15.7 Å². The van der Waals surface area contributed by atoms with Gasteiger partial charge in [0.05, 0.1) is 15.7 Å². The molecule has 0 aromatic heterocycles. The first-order valence-electron chi connectivity index (χ1n) is 5.10. The minimum atomic E-state index is -1.39. The molecule has 0 fully saturated rings. The van der Waals surface area contributed by atoms with E-state index >= 15 is 0 Å². The summed E-state index contributed by atoms with van der Waals surface area (Å²) in [5, 5.41) is 10.0. The molecule has 2 rings (SSSR count). The van der Waals surface area contributed by atoms with Crippen LogP contribution in [0.25, 0.3) is 0 Å². The van der Waals surface area contributed by atoms with Crippen molar-refractivity contribution in [2.24, 2.45) is 5.73 Å². The lowest BCUT2D eigenvalue weighted by molar-refractivity contribution is -0.144. The number of hydrogen-bond acceptors (Lipinski definition) is 3. The lowest BCUT2D eigenvalue weighted by Gasteiger charge is -2.38. The Kier molecular flexibility index (Phi) is 2.97. The van der Waals surface area contributed by atoms with Crippen LogP contribution in [0.1, 0.15) is 12.0 Å². The largest absolute Gasteiger partial charge is 0.480 e. The smallest absolute Gasteiger partial charge is 0.328 e. The summed E-state index contributed by atoms with van der Waals surface area (Å²) in [6, 6.07) is 3.21. The lowest BCUT2D eigenvalue weighted by Crippen LogP contribution is -2.51. The number of aliphatic carboxylic acids is 1. The average Bonchev–Trinajstić information content (AvgIpc) is 2.27. The molecule has 0 saturated carbocycles. The molecule has 0 bridgehead atoms. The highest BCUT2D eigenvalue weighted by Gasteiger charge is 2.42. The third-order valence-electron chi connectivity index (χ3n) is 3.15. The van der Waals surface area contributed by atoms with E-state index in [1.54, 1.807) is 12.1 Å². The molecule has 0 saturated heterocycles. The molecule has 1 unspecified atom stereocenters. The maximum Gasteiger partial charge on any atom is 0.328 e. The first-order valence-corrected chi connectivity index (χ1v) is 5.85. The van der Waals surface area contributed by atoms with E-state index in [0.29, 0.717) is 34.3 Å². The van der Waals surface area contributed by atoms with E-state index in [9.17, 15) is 9.90 Å². The van der Waals surface area contributed by atoms with Crippen LogP contribution < -0.4 is 10.6 Å². The number of carboxylic acids is 1. The Morgan fingerprint density at radius 2 is 2.18 bits per heavy atom. The number of nitrogens with zero attached hydrogens (tertiary/aromatic N) is 1. The highest BCUT2D eigenvalue weighted by molar-refractivity contribution is 6.44. The second-order valence-corrected chi connectivity index (χ2v) is 4.99. The number of anilines is 1. The fourth-order valence-corrected chi connectivity index (χ4v) is 2.55. The fraction of sp³-hybridized carbons (Fsp3) is 0.364. The molecule has 0 spiro atoms. The topological polar surface area (TPSA) is 66.6 Å². The molecular formula is C11H12Cl2N2O2. The predicted octanol–water partition coefficient (Wildman–Crippen LogP) is 2.07. The normalized spacial score (nSPS) is 23.4. The van der Waals surface area contributed by atoms with E-state index in [2.05, 4.69) is 0 Å². The van der Waals surface area contributed by atoms with Crippen molar-refractivity contribution in [3.63, 3.8) is 0 Å². The van der Waals surface area contributed by atoms with Gasteiger partial charge in [-0.05, 0) is 12.5 Å². The first-order chi connectivity index (χ1) is 7.88. The molecule has 92 valence electrons. The lowest BCUT2D eigenvalue weighted by atomic mass is 9.83. The minimum absolute atomic E-state index is 0.337. The Balaban J connectivity index is 2.70. The van der Waals surface area contributed by atoms with E-state index in [1.807, 2.05) is 11.9 Å². The maximum absolute atomic E-state index is 11.3. The number of benzene rings is 1. The molecule has 0 aliphatic carbocycles. The van der Waals surface area contributed by atoms with Crippen molar-refractivity contribution >= 4 is 34.9 Å². The van der Waals surface area contributed by atoms with Crippen molar-refractivity contribution in [1.29, 1.82) is 0 Å². The molecule has 1 atom stereocenters. The van der Waals surface area contributed by atoms with Crippen LogP contribution in [0.4, 0.5) is 5.69 Å². The van der Waals surface area contributed by atoms with Crippen LogP contribution in [0.15, 0.2) is 12.1 Å². The van der Waals surface area contributed by atoms with Crippen LogP contribution in [0.2, 0.25) is 10.0 Å². The SMILES string of the molecule is CN1CCC(N)(C(=O)O)c2ccc(Cl)c(Cl)c21. The number of carbonyl (C=O) groups is 1. The maximum atomic E-state index is 11.3. The summed E-state index contributed by atoms with van der Waals surface area (Å²) in [6.45, 7) is 0.524. The number of carboxylic acid groups (broad SMARTS) is 1. The number of rotatable bonds is 1. The van der Waals surface area contributed by atoms with Crippen molar-refractivity contribution in [3.05, 3.63) is 27.7 Å². The van der Waals surface area contributed by atoms with Gasteiger partial charge in [-0.2, -0.15) is 0 Å². The van der Waals surface area contributed by atoms with Crippen molar-refractivity contribution in [1.82, 2.24) is 0 Å². The molecule has 1 heterocycles. The molecule has 0 amide bonds. The Labute approximate surface area is 109 Å². The van der Waals surface area contributed by atoms with E-state index in [4.69, 9.17) is 28.9 Å². The van der Waals surface area contributed by atoms with Gasteiger partial charge in [0.25, 0.3) is 0 Å². The quantitative estimate of drug-likeness (QED) is 0.823. The zero-order chi connectivity index (χ0) is 12.8. The summed E-state index contributed by atoms with van der Waals surface area (Å²) in [4.78, 5) is 13.2. The van der Waals surface area contributed by atoms with Crippen molar-refractivity contribution < 1.29 is 9.90 Å². The number of nitrogens with two attached hydrogens (primary N) is 1. The van der Waals surface area contributed by atoms with Gasteiger partial charge in [0.2, 0.25) is 0 Å². The molecule has 1 aromatic carbocycles. The number of halogens is 2. The summed E-state index contributed by atoms with van der Waals surface area (Å²) in [6.07, 6.45) is 0.337. The van der Waals surface area contributed by atoms with Crippen LogP contribution in [0.3, 0.4) is 0 Å². The van der Waals surface area contributed by atoms with Gasteiger partial charge in [-0.25, -0.2) is 4.79 Å². The standard InChI is InChI=1S/C11H12Cl2N2O2/c1-15-5-4-11(14,10(16)17)6-2-3-7(12)8(13)9(6)15/h2-3H,4-5,14H2,1H3,(H,16,17). The van der Waals surface area contributed by atoms with Crippen molar-refractivity contribution in [2.45, 2.75) is 12.0 Å².